The Balaban J connectivity index is 2.32. The average Bonchev–Trinajstić information content (AvgIpc) is 2.85. The molecular formula is C15H20N2. The lowest BCUT2D eigenvalue weighted by atomic mass is 9.87. The van der Waals surface area contributed by atoms with Crippen molar-refractivity contribution in [2.24, 2.45) is 12.8 Å². The Morgan fingerprint density at radius 2 is 1.82 bits per heavy atom. The second-order valence-corrected chi connectivity index (χ2v) is 5.40. The minimum absolute atomic E-state index is 0.0923. The summed E-state index contributed by atoms with van der Waals surface area (Å²) in [5.74, 6) is 0. The molecule has 0 bridgehead atoms. The van der Waals surface area contributed by atoms with Crippen LogP contribution in [0.15, 0.2) is 24.3 Å². The fourth-order valence-electron chi connectivity index (χ4n) is 3.41. The van der Waals surface area contributed by atoms with Crippen molar-refractivity contribution in [2.45, 2.75) is 38.1 Å². The Kier molecular flexibility index (Phi) is 2.30. The van der Waals surface area contributed by atoms with Gasteiger partial charge in [-0.1, -0.05) is 31.0 Å². The maximum absolute atomic E-state index is 6.65. The Hall–Kier alpha value is -1.28. The Bertz CT molecular complexity index is 560. The van der Waals surface area contributed by atoms with Gasteiger partial charge in [-0.15, -0.1) is 0 Å². The van der Waals surface area contributed by atoms with Crippen LogP contribution in [0.1, 0.15) is 36.9 Å². The first kappa shape index (κ1) is 10.8. The summed E-state index contributed by atoms with van der Waals surface area (Å²) in [6.07, 6.45) is 4.78. The highest BCUT2D eigenvalue weighted by Crippen LogP contribution is 2.42. The zero-order valence-electron chi connectivity index (χ0n) is 10.7. The van der Waals surface area contributed by atoms with Crippen molar-refractivity contribution in [3.8, 4) is 0 Å². The predicted octanol–water partition coefficient (Wildman–Crippen LogP) is 3.21. The van der Waals surface area contributed by atoms with Gasteiger partial charge in [-0.05, 0) is 25.8 Å². The first-order chi connectivity index (χ1) is 8.13. The number of rotatable bonds is 1. The van der Waals surface area contributed by atoms with E-state index in [2.05, 4.69) is 42.8 Å². The molecule has 1 fully saturated rings. The second-order valence-electron chi connectivity index (χ2n) is 5.40. The van der Waals surface area contributed by atoms with E-state index in [-0.39, 0.29) is 5.54 Å². The molecule has 2 heteroatoms. The van der Waals surface area contributed by atoms with Crippen molar-refractivity contribution < 1.29 is 0 Å². The largest absolute Gasteiger partial charge is 0.348 e. The predicted molar refractivity (Wildman–Crippen MR) is 72.0 cm³/mol. The molecule has 0 spiro atoms. The summed E-state index contributed by atoms with van der Waals surface area (Å²) in [4.78, 5) is 0. The van der Waals surface area contributed by atoms with Crippen molar-refractivity contribution in [2.75, 3.05) is 0 Å². The third kappa shape index (κ3) is 1.44. The molecule has 2 N–H and O–H groups in total. The molecular weight excluding hydrogens is 208 g/mol. The summed E-state index contributed by atoms with van der Waals surface area (Å²) < 4.78 is 2.28. The molecule has 0 atom stereocenters. The number of nitrogens with zero attached hydrogens (tertiary/aromatic N) is 1. The lowest BCUT2D eigenvalue weighted by Gasteiger charge is -2.24. The quantitative estimate of drug-likeness (QED) is 0.798. The van der Waals surface area contributed by atoms with Gasteiger partial charge in [-0.2, -0.15) is 0 Å². The maximum Gasteiger partial charge on any atom is 0.0483 e. The molecule has 90 valence electrons. The van der Waals surface area contributed by atoms with Crippen molar-refractivity contribution in [3.05, 3.63) is 35.5 Å². The van der Waals surface area contributed by atoms with Crippen molar-refractivity contribution >= 4 is 10.9 Å². The summed E-state index contributed by atoms with van der Waals surface area (Å²) in [6, 6.07) is 8.61. The van der Waals surface area contributed by atoms with Crippen molar-refractivity contribution in [1.82, 2.24) is 4.57 Å². The van der Waals surface area contributed by atoms with E-state index in [1.165, 1.54) is 35.0 Å². The van der Waals surface area contributed by atoms with E-state index in [9.17, 15) is 0 Å². The van der Waals surface area contributed by atoms with E-state index in [0.717, 1.165) is 12.8 Å². The van der Waals surface area contributed by atoms with Crippen LogP contribution < -0.4 is 5.73 Å². The lowest BCUT2D eigenvalue weighted by Crippen LogP contribution is -2.33. The van der Waals surface area contributed by atoms with Crippen molar-refractivity contribution in [1.29, 1.82) is 0 Å². The molecule has 1 aliphatic carbocycles. The number of hydrogen-bond acceptors (Lipinski definition) is 1. The molecule has 0 radical (unpaired) electrons. The number of nitrogens with two attached hydrogens (primary N) is 1. The molecule has 1 heterocycles. The van der Waals surface area contributed by atoms with Gasteiger partial charge < -0.3 is 10.3 Å². The van der Waals surface area contributed by atoms with E-state index in [0.29, 0.717) is 0 Å². The summed E-state index contributed by atoms with van der Waals surface area (Å²) in [6.45, 7) is 2.20. The van der Waals surface area contributed by atoms with Crippen LogP contribution in [0.4, 0.5) is 0 Å². The number of aryl methyl sites for hydroxylation is 1. The summed E-state index contributed by atoms with van der Waals surface area (Å²) in [5, 5.41) is 1.34. The molecule has 1 aliphatic rings. The molecule has 1 aromatic heterocycles. The molecule has 0 unspecified atom stereocenters. The second kappa shape index (κ2) is 3.61. The number of hydrogen-bond donors (Lipinski definition) is 1. The normalized spacial score (nSPS) is 19.0. The van der Waals surface area contributed by atoms with Crippen LogP contribution in [0.3, 0.4) is 0 Å². The number of aromatic nitrogens is 1. The van der Waals surface area contributed by atoms with E-state index in [1.807, 2.05) is 0 Å². The topological polar surface area (TPSA) is 30.9 Å². The molecule has 0 amide bonds. The van der Waals surface area contributed by atoms with Gasteiger partial charge in [0.15, 0.2) is 0 Å². The van der Waals surface area contributed by atoms with Crippen LogP contribution >= 0.6 is 0 Å². The Morgan fingerprint density at radius 3 is 2.53 bits per heavy atom. The number of benzene rings is 1. The minimum Gasteiger partial charge on any atom is -0.348 e. The highest BCUT2D eigenvalue weighted by atomic mass is 15.0. The zero-order chi connectivity index (χ0) is 12.0. The standard InChI is InChI=1S/C15H20N2/c1-11-14(15(16)9-5-6-10-15)12-7-3-4-8-13(12)17(11)2/h3-4,7-8H,5-6,9-10,16H2,1-2H3. The van der Waals surface area contributed by atoms with E-state index in [1.54, 1.807) is 0 Å². The van der Waals surface area contributed by atoms with Crippen LogP contribution in [0, 0.1) is 6.92 Å². The summed E-state index contributed by atoms with van der Waals surface area (Å²) in [7, 11) is 2.14. The van der Waals surface area contributed by atoms with Crippen LogP contribution in [-0.2, 0) is 12.6 Å². The van der Waals surface area contributed by atoms with Gasteiger partial charge in [-0.25, -0.2) is 0 Å². The van der Waals surface area contributed by atoms with Gasteiger partial charge in [-0.3, -0.25) is 0 Å². The van der Waals surface area contributed by atoms with Crippen molar-refractivity contribution in [3.63, 3.8) is 0 Å². The molecule has 17 heavy (non-hydrogen) atoms. The molecule has 2 nitrogen and oxygen atoms in total. The van der Waals surface area contributed by atoms with Gasteiger partial charge in [0.2, 0.25) is 0 Å². The fourth-order valence-corrected chi connectivity index (χ4v) is 3.41. The third-order valence-electron chi connectivity index (χ3n) is 4.39. The molecule has 1 aromatic carbocycles. The smallest absolute Gasteiger partial charge is 0.0483 e. The van der Waals surface area contributed by atoms with Gasteiger partial charge >= 0.3 is 0 Å². The Morgan fingerprint density at radius 1 is 1.18 bits per heavy atom. The van der Waals surface area contributed by atoms with Gasteiger partial charge in [0.05, 0.1) is 0 Å². The lowest BCUT2D eigenvalue weighted by molar-refractivity contribution is 0.461. The Labute approximate surface area is 102 Å². The van der Waals surface area contributed by atoms with Gasteiger partial charge in [0.1, 0.15) is 0 Å². The van der Waals surface area contributed by atoms with Crippen LogP contribution in [0.2, 0.25) is 0 Å². The van der Waals surface area contributed by atoms with E-state index >= 15 is 0 Å². The number of para-hydroxylation sites is 1. The zero-order valence-corrected chi connectivity index (χ0v) is 10.7. The molecule has 1 saturated carbocycles. The summed E-state index contributed by atoms with van der Waals surface area (Å²) >= 11 is 0. The summed E-state index contributed by atoms with van der Waals surface area (Å²) in [5.41, 5.74) is 10.6. The first-order valence-corrected chi connectivity index (χ1v) is 6.47. The van der Waals surface area contributed by atoms with E-state index in [4.69, 9.17) is 5.73 Å². The minimum atomic E-state index is -0.0923. The molecule has 3 rings (SSSR count). The molecule has 0 aliphatic heterocycles. The van der Waals surface area contributed by atoms with E-state index < -0.39 is 0 Å². The highest BCUT2D eigenvalue weighted by Gasteiger charge is 2.35. The average molecular weight is 228 g/mol. The van der Waals surface area contributed by atoms with Gasteiger partial charge in [0.25, 0.3) is 0 Å². The fraction of sp³-hybridized carbons (Fsp3) is 0.467. The van der Waals surface area contributed by atoms with Gasteiger partial charge in [0, 0.05) is 34.7 Å². The maximum atomic E-state index is 6.65. The SMILES string of the molecule is Cc1c(C2(N)CCCC2)c2ccccc2n1C. The van der Waals surface area contributed by atoms with Crippen LogP contribution in [-0.4, -0.2) is 4.57 Å². The molecule has 0 saturated heterocycles. The van der Waals surface area contributed by atoms with Crippen LogP contribution in [0.25, 0.3) is 10.9 Å². The van der Waals surface area contributed by atoms with Crippen LogP contribution in [0.5, 0.6) is 0 Å². The third-order valence-corrected chi connectivity index (χ3v) is 4.39. The molecule has 2 aromatic rings. The number of fused-ring (bicyclic) bond motifs is 1. The highest BCUT2D eigenvalue weighted by molar-refractivity contribution is 5.86. The monoisotopic (exact) mass is 228 g/mol. The first-order valence-electron chi connectivity index (χ1n) is 6.47.